The molecule has 0 radical (unpaired) electrons. The van der Waals surface area contributed by atoms with Crippen LogP contribution in [-0.4, -0.2) is 44.7 Å². The van der Waals surface area contributed by atoms with Gasteiger partial charge in [0.25, 0.3) is 0 Å². The van der Waals surface area contributed by atoms with Gasteiger partial charge in [-0.25, -0.2) is 8.42 Å². The van der Waals surface area contributed by atoms with Gasteiger partial charge in [-0.1, -0.05) is 17.7 Å². The van der Waals surface area contributed by atoms with Crippen molar-refractivity contribution in [3.8, 4) is 0 Å². The first-order chi connectivity index (χ1) is 10.8. The molecule has 2 rings (SSSR count). The van der Waals surface area contributed by atoms with Crippen molar-refractivity contribution in [3.05, 3.63) is 34.9 Å². The Morgan fingerprint density at radius 1 is 1.30 bits per heavy atom. The molecule has 1 aromatic carbocycles. The normalized spacial score (nSPS) is 15.2. The Kier molecular flexibility index (Phi) is 5.08. The van der Waals surface area contributed by atoms with Crippen LogP contribution in [0.2, 0.25) is 5.02 Å². The molecule has 0 saturated heterocycles. The zero-order valence-corrected chi connectivity index (χ0v) is 14.2. The van der Waals surface area contributed by atoms with Crippen LogP contribution in [0, 0.1) is 0 Å². The number of halogens is 1. The highest BCUT2D eigenvalue weighted by Gasteiger charge is 2.30. The highest BCUT2D eigenvalue weighted by atomic mass is 35.5. The average Bonchev–Trinajstić information content (AvgIpc) is 2.98. The summed E-state index contributed by atoms with van der Waals surface area (Å²) < 4.78 is 26.4. The lowest BCUT2D eigenvalue weighted by Gasteiger charge is -2.17. The van der Waals surface area contributed by atoms with Crippen LogP contribution in [0.5, 0.6) is 0 Å². The molecule has 124 valence electrons. The van der Waals surface area contributed by atoms with Crippen molar-refractivity contribution >= 4 is 39.1 Å². The Balaban J connectivity index is 2.23. The van der Waals surface area contributed by atoms with Crippen molar-refractivity contribution in [2.75, 3.05) is 25.5 Å². The number of carbonyl (C=O) groups excluding carboxylic acids is 2. The van der Waals surface area contributed by atoms with E-state index in [1.54, 1.807) is 6.08 Å². The predicted molar refractivity (Wildman–Crippen MR) is 86.7 cm³/mol. The van der Waals surface area contributed by atoms with Gasteiger partial charge in [0.1, 0.15) is 0 Å². The third-order valence-electron chi connectivity index (χ3n) is 3.30. The van der Waals surface area contributed by atoms with Gasteiger partial charge in [-0.3, -0.25) is 9.59 Å². The SMILES string of the molecule is CNC(=O)C1=CCN(S(=O)(=O)c2ccc(NC(C)=O)c(Cl)c2)C1. The molecule has 1 aliphatic heterocycles. The third kappa shape index (κ3) is 3.72. The van der Waals surface area contributed by atoms with Crippen molar-refractivity contribution in [3.63, 3.8) is 0 Å². The van der Waals surface area contributed by atoms with Gasteiger partial charge < -0.3 is 10.6 Å². The van der Waals surface area contributed by atoms with E-state index in [-0.39, 0.29) is 34.8 Å². The Bertz CT molecular complexity index is 789. The molecular weight excluding hydrogens is 342 g/mol. The van der Waals surface area contributed by atoms with Crippen LogP contribution < -0.4 is 10.6 Å². The molecule has 1 heterocycles. The molecule has 1 aromatic rings. The van der Waals surface area contributed by atoms with Gasteiger partial charge in [0.15, 0.2) is 0 Å². The van der Waals surface area contributed by atoms with Gasteiger partial charge in [0.2, 0.25) is 21.8 Å². The average molecular weight is 358 g/mol. The molecule has 0 spiro atoms. The van der Waals surface area contributed by atoms with Gasteiger partial charge in [0.05, 0.1) is 15.6 Å². The molecule has 2 N–H and O–H groups in total. The second kappa shape index (κ2) is 6.69. The third-order valence-corrected chi connectivity index (χ3v) is 5.42. The highest BCUT2D eigenvalue weighted by molar-refractivity contribution is 7.89. The van der Waals surface area contributed by atoms with Crippen molar-refractivity contribution in [1.29, 1.82) is 0 Å². The second-order valence-corrected chi connectivity index (χ2v) is 7.27. The molecule has 0 saturated carbocycles. The quantitative estimate of drug-likeness (QED) is 0.839. The maximum absolute atomic E-state index is 12.6. The number of hydrogen-bond acceptors (Lipinski definition) is 4. The van der Waals surface area contributed by atoms with E-state index in [4.69, 9.17) is 11.6 Å². The van der Waals surface area contributed by atoms with E-state index in [0.29, 0.717) is 11.3 Å². The number of nitrogens with zero attached hydrogens (tertiary/aromatic N) is 1. The molecule has 9 heteroatoms. The van der Waals surface area contributed by atoms with Crippen LogP contribution in [0.1, 0.15) is 6.92 Å². The number of sulfonamides is 1. The minimum Gasteiger partial charge on any atom is -0.355 e. The van der Waals surface area contributed by atoms with Gasteiger partial charge in [-0.2, -0.15) is 4.31 Å². The summed E-state index contributed by atoms with van der Waals surface area (Å²) in [6.45, 7) is 1.46. The van der Waals surface area contributed by atoms with Gasteiger partial charge in [-0.05, 0) is 18.2 Å². The first-order valence-corrected chi connectivity index (χ1v) is 8.56. The topological polar surface area (TPSA) is 95.6 Å². The fraction of sp³-hybridized carbons (Fsp3) is 0.286. The summed E-state index contributed by atoms with van der Waals surface area (Å²) in [7, 11) is -2.29. The van der Waals surface area contributed by atoms with Crippen LogP contribution in [0.15, 0.2) is 34.7 Å². The molecule has 0 aliphatic carbocycles. The van der Waals surface area contributed by atoms with E-state index in [0.717, 1.165) is 0 Å². The largest absolute Gasteiger partial charge is 0.355 e. The first kappa shape index (κ1) is 17.5. The van der Waals surface area contributed by atoms with Crippen molar-refractivity contribution in [2.45, 2.75) is 11.8 Å². The van der Waals surface area contributed by atoms with Crippen LogP contribution in [0.4, 0.5) is 5.69 Å². The monoisotopic (exact) mass is 357 g/mol. The number of carbonyl (C=O) groups is 2. The van der Waals surface area contributed by atoms with E-state index in [1.807, 2.05) is 0 Å². The summed E-state index contributed by atoms with van der Waals surface area (Å²) >= 11 is 6.01. The molecule has 2 amide bonds. The smallest absolute Gasteiger partial charge is 0.248 e. The lowest BCUT2D eigenvalue weighted by atomic mass is 10.3. The maximum atomic E-state index is 12.6. The predicted octanol–water partition coefficient (Wildman–Crippen LogP) is 0.975. The van der Waals surface area contributed by atoms with E-state index in [2.05, 4.69) is 10.6 Å². The van der Waals surface area contributed by atoms with Crippen LogP contribution in [0.25, 0.3) is 0 Å². The fourth-order valence-corrected chi connectivity index (χ4v) is 3.81. The second-order valence-electron chi connectivity index (χ2n) is 4.93. The van der Waals surface area contributed by atoms with Crippen LogP contribution in [0.3, 0.4) is 0 Å². The summed E-state index contributed by atoms with van der Waals surface area (Å²) in [5.41, 5.74) is 0.737. The first-order valence-electron chi connectivity index (χ1n) is 6.74. The van der Waals surface area contributed by atoms with Crippen molar-refractivity contribution in [1.82, 2.24) is 9.62 Å². The molecular formula is C14H16ClN3O4S. The van der Waals surface area contributed by atoms with E-state index < -0.39 is 10.0 Å². The number of nitrogens with one attached hydrogen (secondary N) is 2. The molecule has 1 aliphatic rings. The number of likely N-dealkylation sites (N-methyl/N-ethyl adjacent to an activating group) is 1. The standard InChI is InChI=1S/C14H16ClN3O4S/c1-9(19)17-13-4-3-11(7-12(13)15)23(21,22)18-6-5-10(8-18)14(20)16-2/h3-5,7H,6,8H2,1-2H3,(H,16,20)(H,17,19). The van der Waals surface area contributed by atoms with Crippen molar-refractivity contribution in [2.24, 2.45) is 0 Å². The molecule has 0 atom stereocenters. The number of amides is 2. The molecule has 0 unspecified atom stereocenters. The minimum atomic E-state index is -3.78. The van der Waals surface area contributed by atoms with Crippen LogP contribution in [-0.2, 0) is 19.6 Å². The van der Waals surface area contributed by atoms with Crippen molar-refractivity contribution < 1.29 is 18.0 Å². The number of rotatable bonds is 4. The Morgan fingerprint density at radius 3 is 2.57 bits per heavy atom. The number of hydrogen-bond donors (Lipinski definition) is 2. The minimum absolute atomic E-state index is 0.00292. The number of anilines is 1. The summed E-state index contributed by atoms with van der Waals surface area (Å²) in [5, 5.41) is 5.10. The van der Waals surface area contributed by atoms with Gasteiger partial charge in [0, 0.05) is 32.6 Å². The molecule has 0 aromatic heterocycles. The molecule has 0 bridgehead atoms. The van der Waals surface area contributed by atoms with Crippen LogP contribution >= 0.6 is 11.6 Å². The molecule has 7 nitrogen and oxygen atoms in total. The van der Waals surface area contributed by atoms with E-state index >= 15 is 0 Å². The lowest BCUT2D eigenvalue weighted by Crippen LogP contribution is -2.31. The molecule has 23 heavy (non-hydrogen) atoms. The van der Waals surface area contributed by atoms with E-state index in [1.165, 1.54) is 36.5 Å². The summed E-state index contributed by atoms with van der Waals surface area (Å²) in [4.78, 5) is 22.6. The molecule has 0 fully saturated rings. The Hall–Kier alpha value is -1.90. The van der Waals surface area contributed by atoms with Gasteiger partial charge >= 0.3 is 0 Å². The summed E-state index contributed by atoms with van der Waals surface area (Å²) in [6, 6.07) is 4.07. The maximum Gasteiger partial charge on any atom is 0.248 e. The number of benzene rings is 1. The summed E-state index contributed by atoms with van der Waals surface area (Å²) in [5.74, 6) is -0.608. The summed E-state index contributed by atoms with van der Waals surface area (Å²) in [6.07, 6.45) is 1.57. The zero-order valence-electron chi connectivity index (χ0n) is 12.6. The fourth-order valence-electron chi connectivity index (χ4n) is 2.14. The Labute approximate surface area is 139 Å². The van der Waals surface area contributed by atoms with Gasteiger partial charge in [-0.15, -0.1) is 0 Å². The highest BCUT2D eigenvalue weighted by Crippen LogP contribution is 2.28. The lowest BCUT2D eigenvalue weighted by molar-refractivity contribution is -0.117. The van der Waals surface area contributed by atoms with E-state index in [9.17, 15) is 18.0 Å². The zero-order chi connectivity index (χ0) is 17.2. The Morgan fingerprint density at radius 2 is 2.00 bits per heavy atom.